The highest BCUT2D eigenvalue weighted by Crippen LogP contribution is 2.22. The molecule has 0 aromatic carbocycles. The Morgan fingerprint density at radius 2 is 2.06 bits per heavy atom. The van der Waals surface area contributed by atoms with Crippen LogP contribution in [0.3, 0.4) is 0 Å². The first-order chi connectivity index (χ1) is 7.68. The van der Waals surface area contributed by atoms with E-state index >= 15 is 0 Å². The number of rotatable bonds is 2. The van der Waals surface area contributed by atoms with E-state index in [-0.39, 0.29) is 11.5 Å². The fourth-order valence-electron chi connectivity index (χ4n) is 1.77. The zero-order chi connectivity index (χ0) is 11.5. The summed E-state index contributed by atoms with van der Waals surface area (Å²) in [4.78, 5) is 19.9. The number of nitrogen functional groups attached to an aromatic ring is 1. The molecule has 1 aromatic rings. The van der Waals surface area contributed by atoms with Crippen molar-refractivity contribution in [2.24, 2.45) is 0 Å². The van der Waals surface area contributed by atoms with Gasteiger partial charge in [0.05, 0.1) is 4.92 Å². The Morgan fingerprint density at radius 1 is 1.38 bits per heavy atom. The molecule has 0 aliphatic carbocycles. The van der Waals surface area contributed by atoms with Crippen LogP contribution in [0.5, 0.6) is 0 Å². The standard InChI is InChI=1S/C9H13N5O2/c10-8-7(14(15)16)6-11-9(12-8)13-4-2-1-3-5-13/h6H,1-5H2,(H2,10,11,12). The van der Waals surface area contributed by atoms with E-state index in [0.717, 1.165) is 25.9 Å². The lowest BCUT2D eigenvalue weighted by Gasteiger charge is -2.26. The van der Waals surface area contributed by atoms with Gasteiger partial charge in [-0.05, 0) is 19.3 Å². The molecule has 2 rings (SSSR count). The van der Waals surface area contributed by atoms with Crippen molar-refractivity contribution in [3.8, 4) is 0 Å². The molecule has 7 heteroatoms. The molecule has 0 radical (unpaired) electrons. The minimum Gasteiger partial charge on any atom is -0.378 e. The second-order valence-electron chi connectivity index (χ2n) is 3.75. The molecular formula is C9H13N5O2. The van der Waals surface area contributed by atoms with E-state index in [1.54, 1.807) is 0 Å². The largest absolute Gasteiger partial charge is 0.378 e. The number of piperidine rings is 1. The molecule has 86 valence electrons. The Hall–Kier alpha value is -1.92. The van der Waals surface area contributed by atoms with Crippen molar-refractivity contribution >= 4 is 17.5 Å². The van der Waals surface area contributed by atoms with Gasteiger partial charge in [-0.15, -0.1) is 0 Å². The van der Waals surface area contributed by atoms with Crippen LogP contribution >= 0.6 is 0 Å². The van der Waals surface area contributed by atoms with Gasteiger partial charge in [0.2, 0.25) is 11.8 Å². The van der Waals surface area contributed by atoms with Crippen LogP contribution in [0.2, 0.25) is 0 Å². The number of nitrogens with two attached hydrogens (primary N) is 1. The molecule has 1 fully saturated rings. The summed E-state index contributed by atoms with van der Waals surface area (Å²) in [6.45, 7) is 1.77. The van der Waals surface area contributed by atoms with Crippen molar-refractivity contribution in [3.63, 3.8) is 0 Å². The number of anilines is 2. The van der Waals surface area contributed by atoms with E-state index in [1.165, 1.54) is 12.6 Å². The van der Waals surface area contributed by atoms with Gasteiger partial charge < -0.3 is 10.6 Å². The number of aromatic nitrogens is 2. The molecule has 0 spiro atoms. The maximum absolute atomic E-state index is 10.5. The van der Waals surface area contributed by atoms with Gasteiger partial charge in [0, 0.05) is 13.1 Å². The van der Waals surface area contributed by atoms with Crippen molar-refractivity contribution in [3.05, 3.63) is 16.3 Å². The lowest BCUT2D eigenvalue weighted by atomic mass is 10.1. The van der Waals surface area contributed by atoms with Crippen LogP contribution in [0.1, 0.15) is 19.3 Å². The molecule has 0 bridgehead atoms. The number of hydrogen-bond donors (Lipinski definition) is 1. The van der Waals surface area contributed by atoms with E-state index < -0.39 is 4.92 Å². The van der Waals surface area contributed by atoms with E-state index in [1.807, 2.05) is 4.90 Å². The lowest BCUT2D eigenvalue weighted by Crippen LogP contribution is -2.31. The first kappa shape index (κ1) is 10.6. The van der Waals surface area contributed by atoms with Gasteiger partial charge >= 0.3 is 5.69 Å². The summed E-state index contributed by atoms with van der Waals surface area (Å²) in [6, 6.07) is 0. The zero-order valence-electron chi connectivity index (χ0n) is 8.80. The zero-order valence-corrected chi connectivity index (χ0v) is 8.80. The highest BCUT2D eigenvalue weighted by molar-refractivity contribution is 5.53. The predicted molar refractivity (Wildman–Crippen MR) is 59.2 cm³/mol. The fourth-order valence-corrected chi connectivity index (χ4v) is 1.77. The number of nitro groups is 1. The number of nitrogens with zero attached hydrogens (tertiary/aromatic N) is 4. The van der Waals surface area contributed by atoms with Crippen LogP contribution in [-0.2, 0) is 0 Å². The molecule has 0 atom stereocenters. The van der Waals surface area contributed by atoms with E-state index in [9.17, 15) is 10.1 Å². The van der Waals surface area contributed by atoms with Gasteiger partial charge in [-0.2, -0.15) is 4.98 Å². The van der Waals surface area contributed by atoms with E-state index in [4.69, 9.17) is 5.73 Å². The van der Waals surface area contributed by atoms with Crippen molar-refractivity contribution in [2.75, 3.05) is 23.7 Å². The Morgan fingerprint density at radius 3 is 2.62 bits per heavy atom. The average molecular weight is 223 g/mol. The van der Waals surface area contributed by atoms with Crippen LogP contribution in [0.15, 0.2) is 6.20 Å². The highest BCUT2D eigenvalue weighted by atomic mass is 16.6. The van der Waals surface area contributed by atoms with Gasteiger partial charge in [-0.25, -0.2) is 4.98 Å². The SMILES string of the molecule is Nc1nc(N2CCCCC2)ncc1[N+](=O)[O-]. The second-order valence-corrected chi connectivity index (χ2v) is 3.75. The summed E-state index contributed by atoms with van der Waals surface area (Å²) >= 11 is 0. The lowest BCUT2D eigenvalue weighted by molar-refractivity contribution is -0.384. The number of hydrogen-bond acceptors (Lipinski definition) is 6. The highest BCUT2D eigenvalue weighted by Gasteiger charge is 2.18. The molecule has 0 saturated carbocycles. The Balaban J connectivity index is 2.23. The van der Waals surface area contributed by atoms with Gasteiger partial charge in [-0.3, -0.25) is 10.1 Å². The summed E-state index contributed by atoms with van der Waals surface area (Å²) in [6.07, 6.45) is 4.58. The minimum absolute atomic E-state index is 0.0689. The third kappa shape index (κ3) is 2.02. The van der Waals surface area contributed by atoms with Crippen LogP contribution < -0.4 is 10.6 Å². The minimum atomic E-state index is -0.574. The molecule has 2 N–H and O–H groups in total. The fraction of sp³-hybridized carbons (Fsp3) is 0.556. The van der Waals surface area contributed by atoms with E-state index in [0.29, 0.717) is 5.95 Å². The molecule has 1 aromatic heterocycles. The summed E-state index contributed by atoms with van der Waals surface area (Å²) in [5, 5.41) is 10.5. The first-order valence-corrected chi connectivity index (χ1v) is 5.20. The van der Waals surface area contributed by atoms with Gasteiger partial charge in [0.15, 0.2) is 0 Å². The predicted octanol–water partition coefficient (Wildman–Crippen LogP) is 0.957. The molecule has 0 unspecified atom stereocenters. The van der Waals surface area contributed by atoms with Crippen LogP contribution in [0.4, 0.5) is 17.5 Å². The molecule has 1 aliphatic heterocycles. The first-order valence-electron chi connectivity index (χ1n) is 5.20. The van der Waals surface area contributed by atoms with Crippen LogP contribution in [0.25, 0.3) is 0 Å². The summed E-state index contributed by atoms with van der Waals surface area (Å²) in [5.41, 5.74) is 5.27. The van der Waals surface area contributed by atoms with Crippen LogP contribution in [0, 0.1) is 10.1 Å². The Kier molecular flexibility index (Phi) is 2.84. The van der Waals surface area contributed by atoms with Gasteiger partial charge in [0.1, 0.15) is 6.20 Å². The van der Waals surface area contributed by atoms with Gasteiger partial charge in [0.25, 0.3) is 0 Å². The normalized spacial score (nSPS) is 16.1. The maximum atomic E-state index is 10.5. The van der Waals surface area contributed by atoms with Crippen molar-refractivity contribution < 1.29 is 4.92 Å². The smallest absolute Gasteiger partial charge is 0.329 e. The topological polar surface area (TPSA) is 98.2 Å². The summed E-state index contributed by atoms with van der Waals surface area (Å²) in [7, 11) is 0. The summed E-state index contributed by atoms with van der Waals surface area (Å²) in [5.74, 6) is 0.420. The monoisotopic (exact) mass is 223 g/mol. The Labute approximate surface area is 92.4 Å². The second kappa shape index (κ2) is 4.30. The third-order valence-corrected chi connectivity index (χ3v) is 2.62. The van der Waals surface area contributed by atoms with Crippen molar-refractivity contribution in [1.82, 2.24) is 9.97 Å². The van der Waals surface area contributed by atoms with Crippen molar-refractivity contribution in [1.29, 1.82) is 0 Å². The molecule has 1 saturated heterocycles. The molecule has 0 amide bonds. The maximum Gasteiger partial charge on any atom is 0.329 e. The van der Waals surface area contributed by atoms with E-state index in [2.05, 4.69) is 9.97 Å². The summed E-state index contributed by atoms with van der Waals surface area (Å²) < 4.78 is 0. The quantitative estimate of drug-likeness (QED) is 0.592. The molecular weight excluding hydrogens is 210 g/mol. The molecule has 7 nitrogen and oxygen atoms in total. The molecule has 1 aliphatic rings. The molecule has 2 heterocycles. The average Bonchev–Trinajstić information content (AvgIpc) is 2.29. The van der Waals surface area contributed by atoms with Gasteiger partial charge in [-0.1, -0.05) is 0 Å². The molecule has 16 heavy (non-hydrogen) atoms. The third-order valence-electron chi connectivity index (χ3n) is 2.62. The Bertz CT molecular complexity index is 403. The van der Waals surface area contributed by atoms with Crippen molar-refractivity contribution in [2.45, 2.75) is 19.3 Å². The van der Waals surface area contributed by atoms with Crippen LogP contribution in [-0.4, -0.2) is 28.0 Å².